The lowest BCUT2D eigenvalue weighted by Crippen LogP contribution is -2.61. The number of ether oxygens (including phenoxy) is 3. The molecule has 170 valence electrons. The van der Waals surface area contributed by atoms with Gasteiger partial charge < -0.3 is 14.2 Å². The second kappa shape index (κ2) is 9.79. The normalized spacial score (nSPS) is 30.3. The van der Waals surface area contributed by atoms with Crippen LogP contribution in [0.1, 0.15) is 45.1 Å². The van der Waals surface area contributed by atoms with E-state index in [1.54, 1.807) is 14.2 Å². The van der Waals surface area contributed by atoms with Crippen LogP contribution in [0.25, 0.3) is 0 Å². The fourth-order valence-corrected chi connectivity index (χ4v) is 6.18. The summed E-state index contributed by atoms with van der Waals surface area (Å²) in [6.07, 6.45) is 6.16. The van der Waals surface area contributed by atoms with Crippen LogP contribution in [0.5, 0.6) is 5.75 Å². The van der Waals surface area contributed by atoms with Crippen LogP contribution < -0.4 is 4.74 Å². The summed E-state index contributed by atoms with van der Waals surface area (Å²) in [5.74, 6) is 2.05. The number of piperidine rings is 2. The summed E-state index contributed by atoms with van der Waals surface area (Å²) in [7, 11) is 3.50. The molecule has 1 aromatic carbocycles. The Bertz CT molecular complexity index is 855. The minimum Gasteiger partial charge on any atom is -0.504 e. The number of hydrogen-bond donors (Lipinski definition) is 0. The third-order valence-corrected chi connectivity index (χ3v) is 8.11. The number of hydrogen-bond acceptors (Lipinski definition) is 5. The highest BCUT2D eigenvalue weighted by Gasteiger charge is 2.55. The lowest BCUT2D eigenvalue weighted by molar-refractivity contribution is -0.0381. The Labute approximate surface area is 200 Å². The van der Waals surface area contributed by atoms with Gasteiger partial charge in [-0.2, -0.15) is 0 Å². The number of allylic oxidation sites excluding steroid dienone is 1. The van der Waals surface area contributed by atoms with Gasteiger partial charge in [0.25, 0.3) is 0 Å². The lowest BCUT2D eigenvalue weighted by atomic mass is 9.70. The van der Waals surface area contributed by atoms with Crippen molar-refractivity contribution in [1.29, 1.82) is 0 Å². The maximum Gasteiger partial charge on any atom is 0.139 e. The van der Waals surface area contributed by atoms with Crippen LogP contribution in [-0.4, -0.2) is 55.0 Å². The molecular weight excluding hydrogens is 503 g/mol. The smallest absolute Gasteiger partial charge is 0.139 e. The van der Waals surface area contributed by atoms with Gasteiger partial charge in [0.1, 0.15) is 11.4 Å². The second-order valence-corrected chi connectivity index (χ2v) is 10.0. The third-order valence-electron chi connectivity index (χ3n) is 7.34. The predicted octanol–water partition coefficient (Wildman–Crippen LogP) is 5.49. The molecule has 6 heteroatoms. The zero-order valence-corrected chi connectivity index (χ0v) is 21.4. The van der Waals surface area contributed by atoms with Crippen molar-refractivity contribution in [3.63, 3.8) is 0 Å². The first-order chi connectivity index (χ1) is 15.1. The van der Waals surface area contributed by atoms with Crippen molar-refractivity contribution in [3.05, 3.63) is 35.6 Å². The van der Waals surface area contributed by atoms with E-state index in [2.05, 4.69) is 53.5 Å². The van der Waals surface area contributed by atoms with Gasteiger partial charge in [-0.15, -0.1) is 0 Å². The molecule has 3 heterocycles. The highest BCUT2D eigenvalue weighted by molar-refractivity contribution is 14.1. The van der Waals surface area contributed by atoms with E-state index in [4.69, 9.17) is 19.2 Å². The molecule has 3 aliphatic rings. The average molecular weight is 538 g/mol. The van der Waals surface area contributed by atoms with Crippen LogP contribution in [0.2, 0.25) is 0 Å². The highest BCUT2D eigenvalue weighted by Crippen LogP contribution is 2.53. The fourth-order valence-electron chi connectivity index (χ4n) is 5.87. The van der Waals surface area contributed by atoms with Crippen LogP contribution in [0.3, 0.4) is 0 Å². The Morgan fingerprint density at radius 3 is 2.90 bits per heavy atom. The molecule has 0 spiro atoms. The number of halogens is 1. The van der Waals surface area contributed by atoms with Gasteiger partial charge in [0, 0.05) is 24.1 Å². The van der Waals surface area contributed by atoms with E-state index in [1.807, 2.05) is 12.3 Å². The summed E-state index contributed by atoms with van der Waals surface area (Å²) in [5.41, 5.74) is 4.22. The summed E-state index contributed by atoms with van der Waals surface area (Å²) >= 11 is 2.43. The molecular formula is C25H35IN2O3. The number of methoxy groups -OCH3 is 2. The van der Waals surface area contributed by atoms with Crippen LogP contribution in [0.15, 0.2) is 35.0 Å². The maximum absolute atomic E-state index is 6.77. The largest absolute Gasteiger partial charge is 0.504 e. The van der Waals surface area contributed by atoms with E-state index in [0.717, 1.165) is 60.4 Å². The number of rotatable bonds is 8. The van der Waals surface area contributed by atoms with Gasteiger partial charge >= 0.3 is 0 Å². The molecule has 0 unspecified atom stereocenters. The Hall–Kier alpha value is -1.12. The Kier molecular flexibility index (Phi) is 7.28. The van der Waals surface area contributed by atoms with Gasteiger partial charge in [0.2, 0.25) is 0 Å². The second-order valence-electron chi connectivity index (χ2n) is 8.94. The molecule has 31 heavy (non-hydrogen) atoms. The number of benzene rings is 1. The molecule has 0 bridgehead atoms. The van der Waals surface area contributed by atoms with Crippen LogP contribution in [-0.2, 0) is 15.1 Å². The van der Waals surface area contributed by atoms with E-state index in [-0.39, 0.29) is 0 Å². The van der Waals surface area contributed by atoms with Gasteiger partial charge in [-0.1, -0.05) is 42.0 Å². The average Bonchev–Trinajstić information content (AvgIpc) is 3.13. The number of nitrogens with zero attached hydrogens (tertiary/aromatic N) is 2. The lowest BCUT2D eigenvalue weighted by Gasteiger charge is -2.51. The summed E-state index contributed by atoms with van der Waals surface area (Å²) in [5, 5.41) is 0. The van der Waals surface area contributed by atoms with Crippen LogP contribution in [0.4, 0.5) is 5.69 Å². The van der Waals surface area contributed by atoms with E-state index in [9.17, 15) is 0 Å². The molecule has 3 aliphatic heterocycles. The van der Waals surface area contributed by atoms with Gasteiger partial charge in [-0.05, 0) is 55.7 Å². The molecule has 0 saturated carbocycles. The number of fused-ring (bicyclic) bond motifs is 5. The molecule has 0 N–H and O–H groups in total. The first kappa shape index (κ1) is 23.1. The Morgan fingerprint density at radius 2 is 2.19 bits per heavy atom. The van der Waals surface area contributed by atoms with E-state index >= 15 is 0 Å². The van der Waals surface area contributed by atoms with Crippen molar-refractivity contribution in [2.75, 3.05) is 38.3 Å². The summed E-state index contributed by atoms with van der Waals surface area (Å²) < 4.78 is 19.1. The van der Waals surface area contributed by atoms with Gasteiger partial charge in [0.05, 0.1) is 43.5 Å². The quantitative estimate of drug-likeness (QED) is 0.190. The van der Waals surface area contributed by atoms with E-state index in [0.29, 0.717) is 17.9 Å². The van der Waals surface area contributed by atoms with Gasteiger partial charge in [-0.3, -0.25) is 9.89 Å². The molecule has 4 rings (SSSR count). The van der Waals surface area contributed by atoms with E-state index in [1.165, 1.54) is 17.7 Å². The first-order valence-corrected chi connectivity index (χ1v) is 13.0. The summed E-state index contributed by atoms with van der Waals surface area (Å²) in [4.78, 5) is 7.88. The predicted molar refractivity (Wildman–Crippen MR) is 134 cm³/mol. The summed E-state index contributed by atoms with van der Waals surface area (Å²) in [6, 6.07) is 6.49. The molecule has 1 aromatic rings. The SMILES string of the molecule is CC[C@@H]1CN2CC[C@@]3(OCCCI)C(=Nc4cccc(OC)c43)[C@@H]2C[C@@H]1/C(C)=C\OC. The molecule has 0 radical (unpaired) electrons. The standard InChI is InChI=1S/C25H35IN2O3/c1-5-18-15-28-12-10-25(31-13-7-11-26)23-20(8-6-9-22(23)30-4)27-24(25)21(28)14-19(18)17(2)16-29-3/h6,8-9,16,18-19,21H,5,7,10-15H2,1-4H3/b17-16-/t18-,19-,21+,25+/m1/s1. The van der Waals surface area contributed by atoms with Crippen molar-refractivity contribution in [3.8, 4) is 5.75 Å². The van der Waals surface area contributed by atoms with Crippen molar-refractivity contribution >= 4 is 34.0 Å². The maximum atomic E-state index is 6.77. The zero-order chi connectivity index (χ0) is 22.0. The molecule has 2 saturated heterocycles. The molecule has 2 fully saturated rings. The van der Waals surface area contributed by atoms with Crippen molar-refractivity contribution in [2.24, 2.45) is 16.8 Å². The first-order valence-electron chi connectivity index (χ1n) is 11.5. The Balaban J connectivity index is 1.74. The molecule has 0 amide bonds. The molecule has 4 atom stereocenters. The van der Waals surface area contributed by atoms with E-state index < -0.39 is 5.60 Å². The Morgan fingerprint density at radius 1 is 1.35 bits per heavy atom. The topological polar surface area (TPSA) is 43.3 Å². The minimum atomic E-state index is -0.461. The molecule has 5 nitrogen and oxygen atoms in total. The van der Waals surface area contributed by atoms with Crippen molar-refractivity contribution < 1.29 is 14.2 Å². The highest BCUT2D eigenvalue weighted by atomic mass is 127. The fraction of sp³-hybridized carbons (Fsp3) is 0.640. The number of alkyl halides is 1. The van der Waals surface area contributed by atoms with Gasteiger partial charge in [0.15, 0.2) is 0 Å². The van der Waals surface area contributed by atoms with Crippen LogP contribution >= 0.6 is 22.6 Å². The minimum absolute atomic E-state index is 0.290. The summed E-state index contributed by atoms with van der Waals surface area (Å²) in [6.45, 7) is 7.41. The van der Waals surface area contributed by atoms with Crippen molar-refractivity contribution in [2.45, 2.75) is 51.2 Å². The third kappa shape index (κ3) is 4.04. The monoisotopic (exact) mass is 538 g/mol. The number of aliphatic imine (C=N–C) groups is 1. The molecule has 0 aliphatic carbocycles. The van der Waals surface area contributed by atoms with Crippen LogP contribution in [0, 0.1) is 11.8 Å². The van der Waals surface area contributed by atoms with Crippen molar-refractivity contribution in [1.82, 2.24) is 4.90 Å². The van der Waals surface area contributed by atoms with Gasteiger partial charge in [-0.25, -0.2) is 0 Å². The molecule has 0 aromatic heterocycles. The zero-order valence-electron chi connectivity index (χ0n) is 19.2.